The lowest BCUT2D eigenvalue weighted by molar-refractivity contribution is 0.0906. The number of carbonyl (C=O) groups excluding carboxylic acids is 1. The number of ether oxygens (including phenoxy) is 1. The minimum atomic E-state index is -0.459. The first-order valence-electron chi connectivity index (χ1n) is 4.90. The van der Waals surface area contributed by atoms with Gasteiger partial charge in [0.1, 0.15) is 5.82 Å². The third-order valence-corrected chi connectivity index (χ3v) is 3.67. The Labute approximate surface area is 116 Å². The van der Waals surface area contributed by atoms with Gasteiger partial charge in [0.25, 0.3) is 5.91 Å². The molecule has 0 saturated carbocycles. The summed E-state index contributed by atoms with van der Waals surface area (Å²) in [6.45, 7) is 0.393. The summed E-state index contributed by atoms with van der Waals surface area (Å²) >= 11 is 6.32. The Morgan fingerprint density at radius 2 is 2.29 bits per heavy atom. The van der Waals surface area contributed by atoms with Crippen molar-refractivity contribution in [3.05, 3.63) is 34.1 Å². The average Bonchev–Trinajstić information content (AvgIpc) is 2.31. The predicted molar refractivity (Wildman–Crippen MR) is 71.0 cm³/mol. The molecule has 0 heterocycles. The SMILES string of the molecule is COCC(CBr)NC(=O)c1cccc(F)c1Br. The first-order valence-corrected chi connectivity index (χ1v) is 6.81. The molecule has 3 nitrogen and oxygen atoms in total. The van der Waals surface area contributed by atoms with Gasteiger partial charge in [-0.3, -0.25) is 4.79 Å². The molecule has 6 heteroatoms. The Hall–Kier alpha value is -0.460. The van der Waals surface area contributed by atoms with Crippen molar-refractivity contribution >= 4 is 37.8 Å². The van der Waals surface area contributed by atoms with Crippen molar-refractivity contribution in [3.63, 3.8) is 0 Å². The third-order valence-electron chi connectivity index (χ3n) is 2.09. The van der Waals surface area contributed by atoms with E-state index in [1.54, 1.807) is 13.2 Å². The zero-order chi connectivity index (χ0) is 12.8. The van der Waals surface area contributed by atoms with Gasteiger partial charge in [0.05, 0.1) is 22.7 Å². The molecule has 1 rings (SSSR count). The van der Waals surface area contributed by atoms with Crippen molar-refractivity contribution in [2.45, 2.75) is 6.04 Å². The molecule has 1 aromatic carbocycles. The van der Waals surface area contributed by atoms with E-state index in [1.165, 1.54) is 12.1 Å². The van der Waals surface area contributed by atoms with Gasteiger partial charge in [0.15, 0.2) is 0 Å². The highest BCUT2D eigenvalue weighted by molar-refractivity contribution is 9.10. The Morgan fingerprint density at radius 1 is 1.59 bits per heavy atom. The molecule has 94 valence electrons. The molecule has 1 amide bonds. The summed E-state index contributed by atoms with van der Waals surface area (Å²) in [5, 5.41) is 3.31. The summed E-state index contributed by atoms with van der Waals surface area (Å²) in [7, 11) is 1.56. The Balaban J connectivity index is 2.79. The van der Waals surface area contributed by atoms with Crippen LogP contribution in [0, 0.1) is 5.82 Å². The van der Waals surface area contributed by atoms with Crippen LogP contribution >= 0.6 is 31.9 Å². The Morgan fingerprint density at radius 3 is 2.88 bits per heavy atom. The van der Waals surface area contributed by atoms with E-state index in [1.807, 2.05) is 0 Å². The molecular weight excluding hydrogens is 357 g/mol. The molecule has 0 aliphatic rings. The predicted octanol–water partition coefficient (Wildman–Crippen LogP) is 2.73. The summed E-state index contributed by atoms with van der Waals surface area (Å²) in [5.74, 6) is -0.794. The van der Waals surface area contributed by atoms with Gasteiger partial charge < -0.3 is 10.1 Å². The molecule has 0 aromatic heterocycles. The number of alkyl halides is 1. The van der Waals surface area contributed by atoms with Crippen molar-refractivity contribution in [2.24, 2.45) is 0 Å². The zero-order valence-electron chi connectivity index (χ0n) is 9.17. The van der Waals surface area contributed by atoms with Crippen molar-refractivity contribution in [1.82, 2.24) is 5.32 Å². The summed E-state index contributed by atoms with van der Waals surface area (Å²) in [5.41, 5.74) is 0.270. The molecule has 0 saturated heterocycles. The first-order chi connectivity index (χ1) is 8.10. The smallest absolute Gasteiger partial charge is 0.252 e. The average molecular weight is 369 g/mol. The second kappa shape index (κ2) is 7.08. The molecule has 0 bridgehead atoms. The second-order valence-corrected chi connectivity index (χ2v) is 4.82. The van der Waals surface area contributed by atoms with Crippen LogP contribution in [0.15, 0.2) is 22.7 Å². The highest BCUT2D eigenvalue weighted by Gasteiger charge is 2.16. The molecule has 0 aliphatic heterocycles. The van der Waals surface area contributed by atoms with Crippen LogP contribution in [0.1, 0.15) is 10.4 Å². The van der Waals surface area contributed by atoms with Gasteiger partial charge in [-0.15, -0.1) is 0 Å². The summed E-state index contributed by atoms with van der Waals surface area (Å²) in [6.07, 6.45) is 0. The number of amides is 1. The topological polar surface area (TPSA) is 38.3 Å². The quantitative estimate of drug-likeness (QED) is 0.811. The maximum atomic E-state index is 13.2. The maximum absolute atomic E-state index is 13.2. The number of hydrogen-bond acceptors (Lipinski definition) is 2. The van der Waals surface area contributed by atoms with Crippen molar-refractivity contribution in [2.75, 3.05) is 19.0 Å². The van der Waals surface area contributed by atoms with Crippen LogP contribution in [0.5, 0.6) is 0 Å². The van der Waals surface area contributed by atoms with Crippen LogP contribution in [0.25, 0.3) is 0 Å². The molecule has 0 fully saturated rings. The van der Waals surface area contributed by atoms with Crippen LogP contribution in [0.4, 0.5) is 4.39 Å². The van der Waals surface area contributed by atoms with Crippen molar-refractivity contribution < 1.29 is 13.9 Å². The Kier molecular flexibility index (Phi) is 6.08. The summed E-state index contributed by atoms with van der Waals surface area (Å²) in [4.78, 5) is 11.9. The van der Waals surface area contributed by atoms with E-state index in [0.29, 0.717) is 11.9 Å². The fraction of sp³-hybridized carbons (Fsp3) is 0.364. The van der Waals surface area contributed by atoms with Crippen LogP contribution in [-0.4, -0.2) is 31.0 Å². The first kappa shape index (κ1) is 14.6. The molecule has 1 N–H and O–H groups in total. The van der Waals surface area contributed by atoms with Crippen LogP contribution in [0.2, 0.25) is 0 Å². The van der Waals surface area contributed by atoms with E-state index in [2.05, 4.69) is 37.2 Å². The zero-order valence-corrected chi connectivity index (χ0v) is 12.3. The number of rotatable bonds is 5. The fourth-order valence-electron chi connectivity index (χ4n) is 1.27. The monoisotopic (exact) mass is 367 g/mol. The Bertz CT molecular complexity index is 401. The fourth-order valence-corrected chi connectivity index (χ4v) is 2.06. The van der Waals surface area contributed by atoms with E-state index < -0.39 is 5.82 Å². The second-order valence-electron chi connectivity index (χ2n) is 3.38. The normalized spacial score (nSPS) is 12.2. The number of carbonyl (C=O) groups is 1. The maximum Gasteiger partial charge on any atom is 0.252 e. The molecular formula is C11H12Br2FNO2. The number of hydrogen-bond donors (Lipinski definition) is 1. The van der Waals surface area contributed by atoms with Gasteiger partial charge in [-0.1, -0.05) is 22.0 Å². The third kappa shape index (κ3) is 4.04. The number of benzene rings is 1. The highest BCUT2D eigenvalue weighted by Crippen LogP contribution is 2.20. The molecule has 0 aliphatic carbocycles. The largest absolute Gasteiger partial charge is 0.383 e. The van der Waals surface area contributed by atoms with E-state index in [9.17, 15) is 9.18 Å². The van der Waals surface area contributed by atoms with Gasteiger partial charge in [0, 0.05) is 12.4 Å². The van der Waals surface area contributed by atoms with E-state index in [4.69, 9.17) is 4.74 Å². The molecule has 17 heavy (non-hydrogen) atoms. The van der Waals surface area contributed by atoms with Gasteiger partial charge in [-0.25, -0.2) is 4.39 Å². The number of halogens is 3. The van der Waals surface area contributed by atoms with Crippen LogP contribution < -0.4 is 5.32 Å². The molecule has 1 aromatic rings. The van der Waals surface area contributed by atoms with Crippen LogP contribution in [0.3, 0.4) is 0 Å². The van der Waals surface area contributed by atoms with Gasteiger partial charge in [-0.05, 0) is 28.1 Å². The summed E-state index contributed by atoms with van der Waals surface area (Å²) in [6, 6.07) is 4.19. The van der Waals surface area contributed by atoms with Crippen molar-refractivity contribution in [1.29, 1.82) is 0 Å². The van der Waals surface area contributed by atoms with Gasteiger partial charge in [-0.2, -0.15) is 0 Å². The number of methoxy groups -OCH3 is 1. The lowest BCUT2D eigenvalue weighted by atomic mass is 10.2. The minimum Gasteiger partial charge on any atom is -0.383 e. The highest BCUT2D eigenvalue weighted by atomic mass is 79.9. The van der Waals surface area contributed by atoms with Gasteiger partial charge >= 0.3 is 0 Å². The lowest BCUT2D eigenvalue weighted by Gasteiger charge is -2.15. The molecule has 1 unspecified atom stereocenters. The van der Waals surface area contributed by atoms with Crippen molar-refractivity contribution in [3.8, 4) is 0 Å². The molecule has 1 atom stereocenters. The summed E-state index contributed by atoms with van der Waals surface area (Å²) < 4.78 is 18.4. The van der Waals surface area contributed by atoms with E-state index in [0.717, 1.165) is 0 Å². The van der Waals surface area contributed by atoms with E-state index >= 15 is 0 Å². The lowest BCUT2D eigenvalue weighted by Crippen LogP contribution is -2.39. The molecule has 0 spiro atoms. The minimum absolute atomic E-state index is 0.150. The van der Waals surface area contributed by atoms with Crippen LogP contribution in [-0.2, 0) is 4.74 Å². The van der Waals surface area contributed by atoms with Gasteiger partial charge in [0.2, 0.25) is 0 Å². The number of nitrogens with one attached hydrogen (secondary N) is 1. The van der Waals surface area contributed by atoms with E-state index in [-0.39, 0.29) is 22.0 Å². The standard InChI is InChI=1S/C11H12Br2FNO2/c1-17-6-7(5-12)15-11(16)8-3-2-4-9(14)10(8)13/h2-4,7H,5-6H2,1H3,(H,15,16). The molecule has 0 radical (unpaired) electrons.